The SMILES string of the molecule is CCCCCCCCCCCC[C@H](NC(=O)[C@H](CCSC)NC(=O)OC(C)(C)C)C(=O)O. The van der Waals surface area contributed by atoms with E-state index in [0.29, 0.717) is 18.6 Å². The zero-order chi connectivity index (χ0) is 24.4. The number of hydrogen-bond acceptors (Lipinski definition) is 5. The molecule has 188 valence electrons. The molecule has 0 unspecified atom stereocenters. The van der Waals surface area contributed by atoms with Crippen molar-refractivity contribution >= 4 is 29.7 Å². The number of alkyl carbamates (subject to hydrolysis) is 1. The Morgan fingerprint density at radius 2 is 1.38 bits per heavy atom. The van der Waals surface area contributed by atoms with Crippen molar-refractivity contribution in [1.82, 2.24) is 10.6 Å². The highest BCUT2D eigenvalue weighted by Crippen LogP contribution is 2.13. The first kappa shape index (κ1) is 30.6. The molecular weight excluding hydrogens is 428 g/mol. The second-order valence-electron chi connectivity index (χ2n) is 9.35. The molecule has 0 aliphatic carbocycles. The zero-order valence-electron chi connectivity index (χ0n) is 20.8. The van der Waals surface area contributed by atoms with Crippen molar-refractivity contribution in [2.75, 3.05) is 12.0 Å². The van der Waals surface area contributed by atoms with Crippen LogP contribution in [0.25, 0.3) is 0 Å². The molecule has 0 aliphatic heterocycles. The van der Waals surface area contributed by atoms with E-state index in [1.54, 1.807) is 32.5 Å². The van der Waals surface area contributed by atoms with E-state index >= 15 is 0 Å². The van der Waals surface area contributed by atoms with E-state index < -0.39 is 35.7 Å². The van der Waals surface area contributed by atoms with Crippen molar-refractivity contribution in [1.29, 1.82) is 0 Å². The van der Waals surface area contributed by atoms with Crippen molar-refractivity contribution in [3.05, 3.63) is 0 Å². The molecule has 0 fully saturated rings. The number of rotatable bonds is 18. The number of ether oxygens (including phenoxy) is 1. The number of nitrogens with one attached hydrogen (secondary N) is 2. The molecule has 2 amide bonds. The van der Waals surface area contributed by atoms with Gasteiger partial charge in [0.15, 0.2) is 0 Å². The highest BCUT2D eigenvalue weighted by molar-refractivity contribution is 7.98. The first-order valence-corrected chi connectivity index (χ1v) is 13.5. The fourth-order valence-corrected chi connectivity index (χ4v) is 3.79. The lowest BCUT2D eigenvalue weighted by molar-refractivity contribution is -0.142. The first-order valence-electron chi connectivity index (χ1n) is 12.1. The van der Waals surface area contributed by atoms with E-state index in [1.807, 2.05) is 6.26 Å². The summed E-state index contributed by atoms with van der Waals surface area (Å²) < 4.78 is 5.24. The largest absolute Gasteiger partial charge is 0.480 e. The number of carbonyl (C=O) groups is 3. The number of aliphatic carboxylic acids is 1. The minimum atomic E-state index is -1.05. The van der Waals surface area contributed by atoms with Crippen LogP contribution in [-0.4, -0.2) is 52.8 Å². The summed E-state index contributed by atoms with van der Waals surface area (Å²) in [6, 6.07) is -1.78. The van der Waals surface area contributed by atoms with Crippen molar-refractivity contribution in [2.45, 2.75) is 122 Å². The molecule has 0 aromatic rings. The monoisotopic (exact) mass is 474 g/mol. The van der Waals surface area contributed by atoms with Crippen LogP contribution in [0.5, 0.6) is 0 Å². The van der Waals surface area contributed by atoms with Gasteiger partial charge < -0.3 is 20.5 Å². The van der Waals surface area contributed by atoms with Crippen molar-refractivity contribution < 1.29 is 24.2 Å². The first-order chi connectivity index (χ1) is 15.1. The maximum atomic E-state index is 12.7. The van der Waals surface area contributed by atoms with E-state index in [4.69, 9.17) is 4.74 Å². The number of carbonyl (C=O) groups excluding carboxylic acids is 2. The molecule has 2 atom stereocenters. The molecule has 3 N–H and O–H groups in total. The highest BCUT2D eigenvalue weighted by Gasteiger charge is 2.27. The van der Waals surface area contributed by atoms with Crippen LogP contribution in [-0.2, 0) is 14.3 Å². The van der Waals surface area contributed by atoms with Gasteiger partial charge in [-0.05, 0) is 45.6 Å². The van der Waals surface area contributed by atoms with Gasteiger partial charge in [-0.2, -0.15) is 11.8 Å². The molecule has 0 rings (SSSR count). The molecule has 0 saturated carbocycles. The molecule has 0 saturated heterocycles. The molecule has 32 heavy (non-hydrogen) atoms. The van der Waals surface area contributed by atoms with Gasteiger partial charge >= 0.3 is 12.1 Å². The third-order valence-electron chi connectivity index (χ3n) is 5.08. The molecule has 0 aromatic heterocycles. The van der Waals surface area contributed by atoms with Gasteiger partial charge in [0, 0.05) is 0 Å². The molecule has 7 nitrogen and oxygen atoms in total. The van der Waals surface area contributed by atoms with E-state index in [9.17, 15) is 19.5 Å². The maximum Gasteiger partial charge on any atom is 0.408 e. The van der Waals surface area contributed by atoms with Crippen molar-refractivity contribution in [3.63, 3.8) is 0 Å². The lowest BCUT2D eigenvalue weighted by Gasteiger charge is -2.24. The predicted molar refractivity (Wildman–Crippen MR) is 132 cm³/mol. The Morgan fingerprint density at radius 1 is 0.844 bits per heavy atom. The summed E-state index contributed by atoms with van der Waals surface area (Å²) in [4.78, 5) is 36.4. The van der Waals surface area contributed by atoms with Gasteiger partial charge in [0.25, 0.3) is 0 Å². The van der Waals surface area contributed by atoms with E-state index in [1.165, 1.54) is 44.9 Å². The summed E-state index contributed by atoms with van der Waals surface area (Å²) in [6.07, 6.45) is 13.7. The standard InChI is InChI=1S/C24H46N2O5S/c1-6-7-8-9-10-11-12-13-14-15-16-20(22(28)29)25-21(27)19(17-18-32-5)26-23(30)31-24(2,3)4/h19-20H,6-18H2,1-5H3,(H,25,27)(H,26,30)(H,28,29)/t19-,20-/m0/s1. The quantitative estimate of drug-likeness (QED) is 0.226. The Balaban J connectivity index is 4.44. The minimum absolute atomic E-state index is 0.388. The average Bonchev–Trinajstić information content (AvgIpc) is 2.69. The number of unbranched alkanes of at least 4 members (excludes halogenated alkanes) is 9. The molecule has 0 aromatic carbocycles. The van der Waals surface area contributed by atoms with Crippen LogP contribution in [0.15, 0.2) is 0 Å². The number of thioether (sulfide) groups is 1. The molecule has 8 heteroatoms. The smallest absolute Gasteiger partial charge is 0.408 e. The third kappa shape index (κ3) is 17.2. The number of amides is 2. The fraction of sp³-hybridized carbons (Fsp3) is 0.875. The van der Waals surface area contributed by atoms with E-state index in [0.717, 1.165) is 19.3 Å². The zero-order valence-corrected chi connectivity index (χ0v) is 21.7. The lowest BCUT2D eigenvalue weighted by Crippen LogP contribution is -2.52. The van der Waals surface area contributed by atoms with Crippen molar-refractivity contribution in [3.8, 4) is 0 Å². The Kier molecular flexibility index (Phi) is 17.2. The molecular formula is C24H46N2O5S. The van der Waals surface area contributed by atoms with Crippen LogP contribution in [0.3, 0.4) is 0 Å². The molecule has 0 spiro atoms. The van der Waals surface area contributed by atoms with Crippen LogP contribution in [0, 0.1) is 0 Å². The lowest BCUT2D eigenvalue weighted by atomic mass is 10.0. The van der Waals surface area contributed by atoms with Crippen LogP contribution < -0.4 is 10.6 Å². The summed E-state index contributed by atoms with van der Waals surface area (Å²) in [6.45, 7) is 7.46. The second-order valence-corrected chi connectivity index (χ2v) is 10.3. The minimum Gasteiger partial charge on any atom is -0.480 e. The van der Waals surface area contributed by atoms with Gasteiger partial charge in [-0.3, -0.25) is 4.79 Å². The average molecular weight is 475 g/mol. The van der Waals surface area contributed by atoms with Crippen LogP contribution in [0.2, 0.25) is 0 Å². The Hall–Kier alpha value is -1.44. The van der Waals surface area contributed by atoms with Gasteiger partial charge in [0.05, 0.1) is 0 Å². The highest BCUT2D eigenvalue weighted by atomic mass is 32.2. The van der Waals surface area contributed by atoms with Crippen LogP contribution in [0.1, 0.15) is 105 Å². The van der Waals surface area contributed by atoms with Gasteiger partial charge in [0.1, 0.15) is 17.7 Å². The summed E-state index contributed by atoms with van der Waals surface area (Å²) >= 11 is 1.55. The molecule has 0 heterocycles. The second kappa shape index (κ2) is 18.0. The maximum absolute atomic E-state index is 12.7. The van der Waals surface area contributed by atoms with Gasteiger partial charge in [-0.25, -0.2) is 9.59 Å². The van der Waals surface area contributed by atoms with E-state index in [-0.39, 0.29) is 0 Å². The van der Waals surface area contributed by atoms with Crippen LogP contribution in [0.4, 0.5) is 4.79 Å². The van der Waals surface area contributed by atoms with Gasteiger partial charge in [-0.1, -0.05) is 71.1 Å². The molecule has 0 radical (unpaired) electrons. The third-order valence-corrected chi connectivity index (χ3v) is 5.72. The predicted octanol–water partition coefficient (Wildman–Crippen LogP) is 5.51. The summed E-state index contributed by atoms with van der Waals surface area (Å²) in [5.74, 6) is -0.871. The van der Waals surface area contributed by atoms with E-state index in [2.05, 4.69) is 17.6 Å². The Labute approximate surface area is 199 Å². The summed E-state index contributed by atoms with van der Waals surface area (Å²) in [5, 5.41) is 14.7. The topological polar surface area (TPSA) is 105 Å². The van der Waals surface area contributed by atoms with Gasteiger partial charge in [0.2, 0.25) is 5.91 Å². The number of carboxylic acids is 1. The Bertz CT molecular complexity index is 537. The summed E-state index contributed by atoms with van der Waals surface area (Å²) in [7, 11) is 0. The van der Waals surface area contributed by atoms with Crippen molar-refractivity contribution in [2.24, 2.45) is 0 Å². The fourth-order valence-electron chi connectivity index (χ4n) is 3.32. The summed E-state index contributed by atoms with van der Waals surface area (Å²) in [5.41, 5.74) is -0.677. The number of hydrogen-bond donors (Lipinski definition) is 3. The Morgan fingerprint density at radius 3 is 1.84 bits per heavy atom. The molecule has 0 aliphatic rings. The van der Waals surface area contributed by atoms with Gasteiger partial charge in [-0.15, -0.1) is 0 Å². The van der Waals surface area contributed by atoms with Crippen LogP contribution >= 0.6 is 11.8 Å². The normalized spacial score (nSPS) is 13.3. The number of carboxylic acid groups (broad SMARTS) is 1. The molecule has 0 bridgehead atoms.